The lowest BCUT2D eigenvalue weighted by molar-refractivity contribution is 0.0972. The summed E-state index contributed by atoms with van der Waals surface area (Å²) in [4.78, 5) is 17.2. The number of fused-ring (bicyclic) bond motifs is 2. The minimum atomic E-state index is 0.171. The highest BCUT2D eigenvalue weighted by Gasteiger charge is 2.24. The Bertz CT molecular complexity index is 950. The van der Waals surface area contributed by atoms with Crippen LogP contribution in [0.3, 0.4) is 0 Å². The van der Waals surface area contributed by atoms with E-state index in [1.54, 1.807) is 6.07 Å². The second-order valence-corrected chi connectivity index (χ2v) is 6.41. The third kappa shape index (κ3) is 2.95. The van der Waals surface area contributed by atoms with Crippen molar-refractivity contribution in [1.82, 2.24) is 4.98 Å². The highest BCUT2D eigenvalue weighted by Crippen LogP contribution is 2.33. The van der Waals surface area contributed by atoms with Crippen molar-refractivity contribution in [2.24, 2.45) is 0 Å². The SMILES string of the molecule is O=C1CCCc2nc3ccccc3c(NCCc3ccccc3O)c21. The molecule has 1 aliphatic rings. The van der Waals surface area contributed by atoms with E-state index in [0.717, 1.165) is 46.3 Å². The maximum Gasteiger partial charge on any atom is 0.166 e. The van der Waals surface area contributed by atoms with E-state index in [-0.39, 0.29) is 5.78 Å². The normalized spacial score (nSPS) is 13.7. The van der Waals surface area contributed by atoms with Crippen molar-refractivity contribution in [3.05, 3.63) is 65.4 Å². The first kappa shape index (κ1) is 15.6. The molecule has 1 aliphatic carbocycles. The molecule has 0 amide bonds. The number of rotatable bonds is 4. The zero-order chi connectivity index (χ0) is 17.2. The van der Waals surface area contributed by atoms with Crippen molar-refractivity contribution >= 4 is 22.4 Å². The predicted octanol–water partition coefficient (Wildman–Crippen LogP) is 4.11. The maximum absolute atomic E-state index is 12.5. The van der Waals surface area contributed by atoms with Crippen molar-refractivity contribution in [1.29, 1.82) is 0 Å². The van der Waals surface area contributed by atoms with Gasteiger partial charge < -0.3 is 10.4 Å². The monoisotopic (exact) mass is 332 g/mol. The largest absolute Gasteiger partial charge is 0.508 e. The van der Waals surface area contributed by atoms with Gasteiger partial charge in [0.05, 0.1) is 22.5 Å². The van der Waals surface area contributed by atoms with Crippen molar-refractivity contribution in [2.45, 2.75) is 25.7 Å². The van der Waals surface area contributed by atoms with Crippen LogP contribution in [0.4, 0.5) is 5.69 Å². The molecule has 0 spiro atoms. The molecule has 0 saturated carbocycles. The van der Waals surface area contributed by atoms with E-state index in [0.29, 0.717) is 25.1 Å². The molecule has 2 N–H and O–H groups in total. The van der Waals surface area contributed by atoms with Crippen LogP contribution in [0.5, 0.6) is 5.75 Å². The van der Waals surface area contributed by atoms with Crippen molar-refractivity contribution < 1.29 is 9.90 Å². The molecule has 25 heavy (non-hydrogen) atoms. The molecule has 0 fully saturated rings. The molecule has 0 aliphatic heterocycles. The second-order valence-electron chi connectivity index (χ2n) is 6.41. The van der Waals surface area contributed by atoms with Crippen LogP contribution in [0.15, 0.2) is 48.5 Å². The third-order valence-corrected chi connectivity index (χ3v) is 4.75. The van der Waals surface area contributed by atoms with Crippen LogP contribution in [-0.4, -0.2) is 22.4 Å². The molecule has 4 heteroatoms. The number of hydrogen-bond donors (Lipinski definition) is 2. The number of anilines is 1. The van der Waals surface area contributed by atoms with Gasteiger partial charge >= 0.3 is 0 Å². The summed E-state index contributed by atoms with van der Waals surface area (Å²) in [6.45, 7) is 0.644. The first-order valence-corrected chi connectivity index (χ1v) is 8.69. The Labute approximate surface area is 146 Å². The number of para-hydroxylation sites is 2. The van der Waals surface area contributed by atoms with Gasteiger partial charge in [-0.05, 0) is 37.0 Å². The number of aromatic nitrogens is 1. The minimum Gasteiger partial charge on any atom is -0.508 e. The number of phenols is 1. The van der Waals surface area contributed by atoms with Gasteiger partial charge in [0.1, 0.15) is 5.75 Å². The van der Waals surface area contributed by atoms with Crippen LogP contribution in [0.2, 0.25) is 0 Å². The van der Waals surface area contributed by atoms with Gasteiger partial charge in [0, 0.05) is 18.4 Å². The molecule has 1 aromatic heterocycles. The summed E-state index contributed by atoms with van der Waals surface area (Å²) in [5, 5.41) is 14.4. The summed E-state index contributed by atoms with van der Waals surface area (Å²) in [5.41, 5.74) is 4.36. The molecule has 0 saturated heterocycles. The fourth-order valence-corrected chi connectivity index (χ4v) is 3.51. The minimum absolute atomic E-state index is 0.171. The number of ketones is 1. The van der Waals surface area contributed by atoms with E-state index in [1.807, 2.05) is 42.5 Å². The number of Topliss-reactive ketones (excluding diaryl/α,β-unsaturated/α-hetero) is 1. The fraction of sp³-hybridized carbons (Fsp3) is 0.238. The van der Waals surface area contributed by atoms with Gasteiger partial charge in [-0.3, -0.25) is 9.78 Å². The molecule has 0 atom stereocenters. The summed E-state index contributed by atoms with van der Waals surface area (Å²) >= 11 is 0. The van der Waals surface area contributed by atoms with Crippen LogP contribution in [0, 0.1) is 0 Å². The van der Waals surface area contributed by atoms with Crippen molar-refractivity contribution in [3.8, 4) is 5.75 Å². The number of aryl methyl sites for hydroxylation is 1. The van der Waals surface area contributed by atoms with Crippen molar-refractivity contribution in [2.75, 3.05) is 11.9 Å². The predicted molar refractivity (Wildman–Crippen MR) is 99.3 cm³/mol. The number of hydrogen-bond acceptors (Lipinski definition) is 4. The number of benzene rings is 2. The lowest BCUT2D eigenvalue weighted by Gasteiger charge is -2.21. The highest BCUT2D eigenvalue weighted by atomic mass is 16.3. The second kappa shape index (κ2) is 6.55. The number of nitrogens with zero attached hydrogens (tertiary/aromatic N) is 1. The molecule has 126 valence electrons. The van der Waals surface area contributed by atoms with Crippen LogP contribution < -0.4 is 5.32 Å². The van der Waals surface area contributed by atoms with Crippen LogP contribution in [0.25, 0.3) is 10.9 Å². The van der Waals surface area contributed by atoms with E-state index in [2.05, 4.69) is 5.32 Å². The Kier molecular flexibility index (Phi) is 4.10. The van der Waals surface area contributed by atoms with Gasteiger partial charge in [0.2, 0.25) is 0 Å². The maximum atomic E-state index is 12.5. The Morgan fingerprint density at radius 1 is 1.04 bits per heavy atom. The van der Waals surface area contributed by atoms with Gasteiger partial charge in [0.25, 0.3) is 0 Å². The number of aromatic hydroxyl groups is 1. The number of carbonyl (C=O) groups excluding carboxylic acids is 1. The Morgan fingerprint density at radius 3 is 2.72 bits per heavy atom. The number of nitrogens with one attached hydrogen (secondary N) is 1. The smallest absolute Gasteiger partial charge is 0.166 e. The van der Waals surface area contributed by atoms with Crippen LogP contribution >= 0.6 is 0 Å². The summed E-state index contributed by atoms with van der Waals surface area (Å²) in [6.07, 6.45) is 2.99. The van der Waals surface area contributed by atoms with Gasteiger partial charge in [-0.15, -0.1) is 0 Å². The molecule has 4 nitrogen and oxygen atoms in total. The third-order valence-electron chi connectivity index (χ3n) is 4.75. The molecule has 3 aromatic rings. The number of phenolic OH excluding ortho intramolecular Hbond substituents is 1. The number of pyridine rings is 1. The molecule has 1 heterocycles. The first-order valence-electron chi connectivity index (χ1n) is 8.69. The average molecular weight is 332 g/mol. The van der Waals surface area contributed by atoms with Crippen LogP contribution in [-0.2, 0) is 12.8 Å². The molecule has 0 bridgehead atoms. The Morgan fingerprint density at radius 2 is 1.84 bits per heavy atom. The quantitative estimate of drug-likeness (QED) is 0.754. The zero-order valence-corrected chi connectivity index (χ0v) is 14.0. The molecule has 0 unspecified atom stereocenters. The standard InChI is InChI=1S/C21H20N2O2/c24-18-10-4-1-6-14(18)12-13-22-21-15-7-2-3-8-16(15)23-17-9-5-11-19(25)20(17)21/h1-4,6-8,10,24H,5,9,11-13H2,(H,22,23). The Balaban J connectivity index is 1.69. The van der Waals surface area contributed by atoms with Crippen molar-refractivity contribution in [3.63, 3.8) is 0 Å². The summed E-state index contributed by atoms with van der Waals surface area (Å²) in [5.74, 6) is 0.478. The van der Waals surface area contributed by atoms with Gasteiger partial charge in [-0.2, -0.15) is 0 Å². The summed E-state index contributed by atoms with van der Waals surface area (Å²) < 4.78 is 0. The van der Waals surface area contributed by atoms with Gasteiger partial charge in [-0.25, -0.2) is 0 Å². The fourth-order valence-electron chi connectivity index (χ4n) is 3.51. The molecule has 4 rings (SSSR count). The van der Waals surface area contributed by atoms with Crippen LogP contribution in [0.1, 0.15) is 34.5 Å². The highest BCUT2D eigenvalue weighted by molar-refractivity contribution is 6.09. The lowest BCUT2D eigenvalue weighted by Crippen LogP contribution is -2.17. The molecule has 2 aromatic carbocycles. The first-order chi connectivity index (χ1) is 12.2. The molecular weight excluding hydrogens is 312 g/mol. The van der Waals surface area contributed by atoms with E-state index in [9.17, 15) is 9.90 Å². The van der Waals surface area contributed by atoms with E-state index in [4.69, 9.17) is 4.98 Å². The van der Waals surface area contributed by atoms with E-state index < -0.39 is 0 Å². The van der Waals surface area contributed by atoms with E-state index in [1.165, 1.54) is 0 Å². The topological polar surface area (TPSA) is 62.2 Å². The van der Waals surface area contributed by atoms with Gasteiger partial charge in [0.15, 0.2) is 5.78 Å². The lowest BCUT2D eigenvalue weighted by atomic mass is 9.91. The Hall–Kier alpha value is -2.88. The van der Waals surface area contributed by atoms with E-state index >= 15 is 0 Å². The zero-order valence-electron chi connectivity index (χ0n) is 14.0. The summed E-state index contributed by atoms with van der Waals surface area (Å²) in [7, 11) is 0. The average Bonchev–Trinajstić information content (AvgIpc) is 2.63. The van der Waals surface area contributed by atoms with Gasteiger partial charge in [-0.1, -0.05) is 36.4 Å². The molecule has 0 radical (unpaired) electrons. The number of carbonyl (C=O) groups is 1. The molecular formula is C21H20N2O2. The summed E-state index contributed by atoms with van der Waals surface area (Å²) in [6, 6.07) is 15.3.